The second-order valence-corrected chi connectivity index (χ2v) is 12.4. The molecule has 2 atom stereocenters. The van der Waals surface area contributed by atoms with Gasteiger partial charge >= 0.3 is 5.97 Å². The quantitative estimate of drug-likeness (QED) is 0.0822. The molecule has 13 heteroatoms. The monoisotopic (exact) mass is 691 g/mol. The number of hydrogen-bond donors (Lipinski definition) is 1. The fourth-order valence-corrected chi connectivity index (χ4v) is 6.75. The molecule has 2 aliphatic rings. The minimum Gasteiger partial charge on any atom is -0.493 e. The van der Waals surface area contributed by atoms with Gasteiger partial charge in [0.05, 0.1) is 40.2 Å². The van der Waals surface area contributed by atoms with E-state index in [0.29, 0.717) is 52.6 Å². The summed E-state index contributed by atoms with van der Waals surface area (Å²) < 4.78 is 36.6. The summed E-state index contributed by atoms with van der Waals surface area (Å²) in [6.45, 7) is 4.69. The third-order valence-corrected chi connectivity index (χ3v) is 9.21. The number of rotatable bonds is 16. The van der Waals surface area contributed by atoms with Crippen LogP contribution in [0.1, 0.15) is 61.6 Å². The number of benzene rings is 2. The van der Waals surface area contributed by atoms with E-state index in [9.17, 15) is 4.79 Å². The summed E-state index contributed by atoms with van der Waals surface area (Å²) in [6, 6.07) is 7.78. The average Bonchev–Trinajstić information content (AvgIpc) is 3.76. The number of esters is 1. The van der Waals surface area contributed by atoms with Crippen LogP contribution in [0.4, 0.5) is 0 Å². The number of carbonyl (C=O) groups excluding carboxylic acids is 1. The number of imidazole rings is 1. The maximum Gasteiger partial charge on any atom is 0.314 e. The highest BCUT2D eigenvalue weighted by Crippen LogP contribution is 2.50. The van der Waals surface area contributed by atoms with E-state index in [0.717, 1.165) is 73.1 Å². The van der Waals surface area contributed by atoms with Crippen molar-refractivity contribution in [2.24, 2.45) is 5.92 Å². The van der Waals surface area contributed by atoms with Gasteiger partial charge in [0.1, 0.15) is 11.8 Å². The Morgan fingerprint density at radius 1 is 0.980 bits per heavy atom. The number of unbranched alkanes of at least 4 members (excludes halogenated alkanes) is 3. The van der Waals surface area contributed by atoms with Crippen LogP contribution in [0.2, 0.25) is 5.15 Å². The molecule has 0 bridgehead atoms. The molecule has 0 saturated carbocycles. The number of nitrogens with one attached hydrogen (secondary N) is 1. The Bertz CT molecular complexity index is 1800. The summed E-state index contributed by atoms with van der Waals surface area (Å²) in [5.74, 6) is 1.50. The molecule has 260 valence electrons. The maximum absolute atomic E-state index is 14.2. The second-order valence-electron chi connectivity index (χ2n) is 12.0. The predicted octanol–water partition coefficient (Wildman–Crippen LogP) is 6.18. The maximum atomic E-state index is 14.2. The van der Waals surface area contributed by atoms with E-state index in [-0.39, 0.29) is 12.8 Å². The van der Waals surface area contributed by atoms with Crippen molar-refractivity contribution in [1.29, 1.82) is 0 Å². The van der Waals surface area contributed by atoms with Crippen molar-refractivity contribution < 1.29 is 33.2 Å². The van der Waals surface area contributed by atoms with E-state index < -0.39 is 11.8 Å². The molecule has 6 rings (SSSR count). The lowest BCUT2D eigenvalue weighted by Gasteiger charge is -2.34. The van der Waals surface area contributed by atoms with Crippen LogP contribution in [0.25, 0.3) is 17.2 Å². The number of fused-ring (bicyclic) bond motifs is 3. The Kier molecular flexibility index (Phi) is 11.0. The zero-order valence-electron chi connectivity index (χ0n) is 28.3. The SMILES string of the molecule is CCCNCC1=Cc2cc3c(cc2[C@@H](c2cc(OC)c(OC)c(OC)c2)[C@@H]1C(=O)OCCCCCCn1cnc2c(Cl)ncnc21)OCO3. The minimum atomic E-state index is -0.608. The number of aromatic nitrogens is 4. The molecule has 1 aliphatic carbocycles. The standard InChI is InChI=1S/C36H42ClN5O7/c1-5-10-38-18-24-13-22-14-26-27(49-21-48-26)17-25(22)30(23-15-28(44-2)33(46-4)29(16-23)45-3)31(24)36(43)47-12-9-7-6-8-11-42-20-41-32-34(37)39-19-40-35(32)42/h13-17,19-20,30-31,38H,5-12,18,21H2,1-4H3/t30-,31-/m1/s1. The highest BCUT2D eigenvalue weighted by Gasteiger charge is 2.40. The van der Waals surface area contributed by atoms with Crippen LogP contribution in [-0.4, -0.2) is 73.3 Å². The van der Waals surface area contributed by atoms with Gasteiger partial charge in [0.25, 0.3) is 0 Å². The van der Waals surface area contributed by atoms with Crippen molar-refractivity contribution in [2.45, 2.75) is 51.5 Å². The summed E-state index contributed by atoms with van der Waals surface area (Å²) in [4.78, 5) is 26.9. The molecule has 4 aromatic rings. The number of halogens is 1. The van der Waals surface area contributed by atoms with Crippen LogP contribution in [0.3, 0.4) is 0 Å². The Morgan fingerprint density at radius 2 is 1.73 bits per heavy atom. The topological polar surface area (TPSA) is 128 Å². The molecule has 0 saturated heterocycles. The first kappa shape index (κ1) is 34.3. The molecular weight excluding hydrogens is 650 g/mol. The van der Waals surface area contributed by atoms with Gasteiger partial charge in [-0.25, -0.2) is 15.0 Å². The Hall–Kier alpha value is -4.55. The summed E-state index contributed by atoms with van der Waals surface area (Å²) in [7, 11) is 4.74. The third kappa shape index (κ3) is 7.25. The van der Waals surface area contributed by atoms with Crippen molar-refractivity contribution in [2.75, 3.05) is 47.8 Å². The Morgan fingerprint density at radius 3 is 2.47 bits per heavy atom. The predicted molar refractivity (Wildman–Crippen MR) is 185 cm³/mol. The van der Waals surface area contributed by atoms with E-state index in [4.69, 9.17) is 40.0 Å². The highest BCUT2D eigenvalue weighted by atomic mass is 35.5. The largest absolute Gasteiger partial charge is 0.493 e. The van der Waals surface area contributed by atoms with E-state index >= 15 is 0 Å². The van der Waals surface area contributed by atoms with Gasteiger partial charge in [0.2, 0.25) is 12.5 Å². The van der Waals surface area contributed by atoms with E-state index in [1.165, 1.54) is 6.33 Å². The number of methoxy groups -OCH3 is 3. The molecule has 0 fully saturated rings. The molecule has 2 aromatic heterocycles. The Labute approximate surface area is 290 Å². The molecule has 2 aromatic carbocycles. The van der Waals surface area contributed by atoms with Crippen molar-refractivity contribution in [3.8, 4) is 28.7 Å². The van der Waals surface area contributed by atoms with Gasteiger partial charge in [0.15, 0.2) is 33.8 Å². The minimum absolute atomic E-state index is 0.148. The molecule has 1 N–H and O–H groups in total. The molecule has 0 unspecified atom stereocenters. The van der Waals surface area contributed by atoms with Gasteiger partial charge in [-0.15, -0.1) is 0 Å². The van der Waals surface area contributed by atoms with Crippen LogP contribution in [-0.2, 0) is 16.1 Å². The van der Waals surface area contributed by atoms with Crippen LogP contribution >= 0.6 is 11.6 Å². The first-order chi connectivity index (χ1) is 24.0. The lowest BCUT2D eigenvalue weighted by Crippen LogP contribution is -2.34. The summed E-state index contributed by atoms with van der Waals surface area (Å²) in [5.41, 5.74) is 4.98. The van der Waals surface area contributed by atoms with Gasteiger partial charge in [-0.1, -0.05) is 31.0 Å². The fraction of sp³-hybridized carbons (Fsp3) is 0.444. The average molecular weight is 692 g/mol. The third-order valence-electron chi connectivity index (χ3n) is 8.94. The zero-order valence-corrected chi connectivity index (χ0v) is 29.0. The van der Waals surface area contributed by atoms with Gasteiger partial charge in [0, 0.05) is 19.0 Å². The fourth-order valence-electron chi connectivity index (χ4n) is 6.58. The lowest BCUT2D eigenvalue weighted by atomic mass is 9.71. The van der Waals surface area contributed by atoms with Crippen LogP contribution < -0.4 is 29.0 Å². The molecular formula is C36H42ClN5O7. The molecule has 0 radical (unpaired) electrons. The molecule has 49 heavy (non-hydrogen) atoms. The Balaban J connectivity index is 1.21. The van der Waals surface area contributed by atoms with E-state index in [1.807, 2.05) is 28.8 Å². The van der Waals surface area contributed by atoms with Gasteiger partial charge in [-0.3, -0.25) is 4.79 Å². The summed E-state index contributed by atoms with van der Waals surface area (Å²) >= 11 is 6.14. The zero-order chi connectivity index (χ0) is 34.3. The van der Waals surface area contributed by atoms with Crippen molar-refractivity contribution >= 4 is 34.8 Å². The normalized spacial score (nSPS) is 16.3. The smallest absolute Gasteiger partial charge is 0.314 e. The van der Waals surface area contributed by atoms with Gasteiger partial charge in [-0.05, 0) is 78.8 Å². The number of nitrogens with zero attached hydrogens (tertiary/aromatic N) is 4. The number of ether oxygens (including phenoxy) is 6. The molecule has 3 heterocycles. The van der Waals surface area contributed by atoms with Crippen LogP contribution in [0, 0.1) is 5.92 Å². The van der Waals surface area contributed by atoms with Crippen molar-refractivity contribution in [1.82, 2.24) is 24.8 Å². The van der Waals surface area contributed by atoms with Crippen molar-refractivity contribution in [3.05, 3.63) is 64.3 Å². The molecule has 0 amide bonds. The lowest BCUT2D eigenvalue weighted by molar-refractivity contribution is -0.147. The first-order valence-corrected chi connectivity index (χ1v) is 17.0. The van der Waals surface area contributed by atoms with E-state index in [2.05, 4.69) is 33.3 Å². The molecule has 1 aliphatic heterocycles. The number of carbonyl (C=O) groups is 1. The second kappa shape index (κ2) is 15.8. The first-order valence-electron chi connectivity index (χ1n) is 16.6. The van der Waals surface area contributed by atoms with Crippen LogP contribution in [0.15, 0.2) is 42.5 Å². The molecule has 0 spiro atoms. The van der Waals surface area contributed by atoms with Crippen LogP contribution in [0.5, 0.6) is 28.7 Å². The molecule has 12 nitrogen and oxygen atoms in total. The summed E-state index contributed by atoms with van der Waals surface area (Å²) in [5, 5.41) is 3.85. The number of hydrogen-bond acceptors (Lipinski definition) is 11. The van der Waals surface area contributed by atoms with Crippen molar-refractivity contribution in [3.63, 3.8) is 0 Å². The van der Waals surface area contributed by atoms with E-state index in [1.54, 1.807) is 27.7 Å². The van der Waals surface area contributed by atoms with Gasteiger partial charge < -0.3 is 38.3 Å². The summed E-state index contributed by atoms with van der Waals surface area (Å²) in [6.07, 6.45) is 9.77. The number of aryl methyl sites for hydroxylation is 1. The van der Waals surface area contributed by atoms with Gasteiger partial charge in [-0.2, -0.15) is 0 Å². The highest BCUT2D eigenvalue weighted by molar-refractivity contribution is 6.33.